The fourth-order valence-corrected chi connectivity index (χ4v) is 1.88. The van der Waals surface area contributed by atoms with E-state index >= 15 is 0 Å². The van der Waals surface area contributed by atoms with Crippen molar-refractivity contribution >= 4 is 11.6 Å². The van der Waals surface area contributed by atoms with E-state index in [2.05, 4.69) is 10.1 Å². The van der Waals surface area contributed by atoms with Crippen LogP contribution in [0, 0.1) is 0 Å². The minimum Gasteiger partial charge on any atom is -0.493 e. The molecule has 25 heavy (non-hydrogen) atoms. The van der Waals surface area contributed by atoms with E-state index in [-0.39, 0.29) is 12.4 Å². The third-order valence-electron chi connectivity index (χ3n) is 2.97. The summed E-state index contributed by atoms with van der Waals surface area (Å²) in [5.74, 6) is 0.563. The van der Waals surface area contributed by atoms with Gasteiger partial charge in [-0.2, -0.15) is 13.2 Å². The molecule has 0 bridgehead atoms. The largest absolute Gasteiger partial charge is 0.493 e. The Morgan fingerprint density at radius 2 is 1.64 bits per heavy atom. The first-order valence-corrected chi connectivity index (χ1v) is 7.22. The Balaban J connectivity index is 1.84. The normalized spacial score (nSPS) is 10.9. The molecular weight excluding hydrogens is 339 g/mol. The van der Waals surface area contributed by atoms with E-state index in [1.165, 1.54) is 31.4 Å². The molecule has 2 rings (SSSR count). The number of benzene rings is 2. The van der Waals surface area contributed by atoms with Crippen molar-refractivity contribution in [3.63, 3.8) is 0 Å². The molecule has 134 valence electrons. The molecule has 0 heterocycles. The van der Waals surface area contributed by atoms with Gasteiger partial charge in [0.2, 0.25) is 0 Å². The smallest absolute Gasteiger partial charge is 0.422 e. The number of carbonyl (C=O) groups is 1. The third-order valence-corrected chi connectivity index (χ3v) is 2.97. The molecule has 0 aliphatic carbocycles. The number of methoxy groups -OCH3 is 1. The molecule has 0 unspecified atom stereocenters. The maximum Gasteiger partial charge on any atom is 0.422 e. The molecule has 1 N–H and O–H groups in total. The minimum atomic E-state index is -4.40. The monoisotopic (exact) mass is 355 g/mol. The maximum atomic E-state index is 12.1. The number of carbonyl (C=O) groups excluding carboxylic acids is 1. The number of hydrogen-bond donors (Lipinski definition) is 1. The predicted octanol–water partition coefficient (Wildman–Crippen LogP) is 3.65. The lowest BCUT2D eigenvalue weighted by Crippen LogP contribution is -2.20. The molecule has 0 atom stereocenters. The van der Waals surface area contributed by atoms with Crippen molar-refractivity contribution in [3.8, 4) is 17.2 Å². The summed E-state index contributed by atoms with van der Waals surface area (Å²) in [6, 6.07) is 12.4. The van der Waals surface area contributed by atoms with Gasteiger partial charge in [0.05, 0.1) is 7.11 Å². The summed E-state index contributed by atoms with van der Waals surface area (Å²) in [7, 11) is 1.49. The van der Waals surface area contributed by atoms with Gasteiger partial charge in [-0.3, -0.25) is 4.79 Å². The molecule has 5 nitrogen and oxygen atoms in total. The molecule has 2 aromatic rings. The first-order chi connectivity index (χ1) is 11.9. The number of para-hydroxylation sites is 2. The minimum absolute atomic E-state index is 0.0561. The number of halogens is 3. The topological polar surface area (TPSA) is 56.8 Å². The number of rotatable bonds is 7. The molecule has 0 saturated carbocycles. The van der Waals surface area contributed by atoms with Gasteiger partial charge in [-0.05, 0) is 36.4 Å². The van der Waals surface area contributed by atoms with Crippen LogP contribution in [0.3, 0.4) is 0 Å². The Morgan fingerprint density at radius 1 is 1.00 bits per heavy atom. The average Bonchev–Trinajstić information content (AvgIpc) is 2.59. The van der Waals surface area contributed by atoms with Crippen molar-refractivity contribution in [3.05, 3.63) is 48.5 Å². The molecule has 0 spiro atoms. The second-order valence-corrected chi connectivity index (χ2v) is 4.92. The van der Waals surface area contributed by atoms with Gasteiger partial charge >= 0.3 is 6.18 Å². The SMILES string of the molecule is COc1ccccc1OCC(=O)Nc1ccc(OCC(F)(F)F)cc1. The van der Waals surface area contributed by atoms with Crippen LogP contribution in [0.25, 0.3) is 0 Å². The van der Waals surface area contributed by atoms with Gasteiger partial charge in [-0.15, -0.1) is 0 Å². The van der Waals surface area contributed by atoms with E-state index in [4.69, 9.17) is 9.47 Å². The highest BCUT2D eigenvalue weighted by molar-refractivity contribution is 5.91. The second-order valence-electron chi connectivity index (χ2n) is 4.92. The number of anilines is 1. The quantitative estimate of drug-likeness (QED) is 0.824. The maximum absolute atomic E-state index is 12.1. The van der Waals surface area contributed by atoms with Crippen LogP contribution in [0.15, 0.2) is 48.5 Å². The van der Waals surface area contributed by atoms with Crippen LogP contribution in [0.5, 0.6) is 17.2 Å². The van der Waals surface area contributed by atoms with Crippen LogP contribution in [-0.4, -0.2) is 32.4 Å². The molecule has 0 fully saturated rings. The van der Waals surface area contributed by atoms with Crippen LogP contribution in [0.2, 0.25) is 0 Å². The van der Waals surface area contributed by atoms with E-state index in [0.29, 0.717) is 17.2 Å². The summed E-state index contributed by atoms with van der Waals surface area (Å²) in [4.78, 5) is 11.9. The predicted molar refractivity (Wildman–Crippen MR) is 85.1 cm³/mol. The van der Waals surface area contributed by atoms with Gasteiger partial charge in [0.25, 0.3) is 5.91 Å². The summed E-state index contributed by atoms with van der Waals surface area (Å²) in [5.41, 5.74) is 0.410. The highest BCUT2D eigenvalue weighted by Crippen LogP contribution is 2.25. The van der Waals surface area contributed by atoms with Crippen molar-refractivity contribution in [2.75, 3.05) is 25.6 Å². The lowest BCUT2D eigenvalue weighted by Gasteiger charge is -2.11. The molecule has 0 aliphatic rings. The third kappa shape index (κ3) is 6.25. The van der Waals surface area contributed by atoms with Crippen LogP contribution in [-0.2, 0) is 4.79 Å². The Bertz CT molecular complexity index is 702. The number of nitrogens with one attached hydrogen (secondary N) is 1. The van der Waals surface area contributed by atoms with E-state index < -0.39 is 18.7 Å². The van der Waals surface area contributed by atoms with E-state index in [9.17, 15) is 18.0 Å². The molecule has 0 aliphatic heterocycles. The van der Waals surface area contributed by atoms with Gasteiger partial charge in [0, 0.05) is 5.69 Å². The van der Waals surface area contributed by atoms with E-state index in [1.54, 1.807) is 24.3 Å². The Kier molecular flexibility index (Phi) is 6.10. The first kappa shape index (κ1) is 18.4. The number of alkyl halides is 3. The van der Waals surface area contributed by atoms with Crippen molar-refractivity contribution in [2.45, 2.75) is 6.18 Å². The summed E-state index contributed by atoms with van der Waals surface area (Å²) in [6.45, 7) is -1.61. The molecule has 1 amide bonds. The van der Waals surface area contributed by atoms with E-state index in [0.717, 1.165) is 0 Å². The zero-order chi connectivity index (χ0) is 18.3. The molecule has 0 saturated heterocycles. The zero-order valence-corrected chi connectivity index (χ0v) is 13.3. The van der Waals surface area contributed by atoms with Gasteiger partial charge in [0.15, 0.2) is 24.7 Å². The Labute approximate surface area is 142 Å². The number of ether oxygens (including phenoxy) is 3. The van der Waals surface area contributed by atoms with Gasteiger partial charge < -0.3 is 19.5 Å². The van der Waals surface area contributed by atoms with Crippen molar-refractivity contribution in [1.29, 1.82) is 0 Å². The molecule has 0 aromatic heterocycles. The van der Waals surface area contributed by atoms with Crippen molar-refractivity contribution in [2.24, 2.45) is 0 Å². The summed E-state index contributed by atoms with van der Waals surface area (Å²) in [5, 5.41) is 2.57. The lowest BCUT2D eigenvalue weighted by molar-refractivity contribution is -0.153. The van der Waals surface area contributed by atoms with Crippen LogP contribution < -0.4 is 19.5 Å². The average molecular weight is 355 g/mol. The van der Waals surface area contributed by atoms with Crippen molar-refractivity contribution < 1.29 is 32.2 Å². The molecular formula is C17H16F3NO4. The van der Waals surface area contributed by atoms with Crippen LogP contribution in [0.4, 0.5) is 18.9 Å². The highest BCUT2D eigenvalue weighted by atomic mass is 19.4. The lowest BCUT2D eigenvalue weighted by atomic mass is 10.3. The highest BCUT2D eigenvalue weighted by Gasteiger charge is 2.28. The van der Waals surface area contributed by atoms with E-state index in [1.807, 2.05) is 0 Å². The number of amides is 1. The summed E-state index contributed by atoms with van der Waals surface area (Å²) >= 11 is 0. The Hall–Kier alpha value is -2.90. The fraction of sp³-hybridized carbons (Fsp3) is 0.235. The second kappa shape index (κ2) is 8.27. The van der Waals surface area contributed by atoms with Crippen LogP contribution >= 0.6 is 0 Å². The van der Waals surface area contributed by atoms with Gasteiger partial charge in [0.1, 0.15) is 5.75 Å². The summed E-state index contributed by atoms with van der Waals surface area (Å²) < 4.78 is 51.3. The fourth-order valence-electron chi connectivity index (χ4n) is 1.88. The van der Waals surface area contributed by atoms with Crippen LogP contribution in [0.1, 0.15) is 0 Å². The van der Waals surface area contributed by atoms with Crippen molar-refractivity contribution in [1.82, 2.24) is 0 Å². The first-order valence-electron chi connectivity index (χ1n) is 7.22. The van der Waals surface area contributed by atoms with Gasteiger partial charge in [-0.1, -0.05) is 12.1 Å². The standard InChI is InChI=1S/C17H16F3NO4/c1-23-14-4-2-3-5-15(14)24-10-16(22)21-12-6-8-13(9-7-12)25-11-17(18,19)20/h2-9H,10-11H2,1H3,(H,21,22). The number of hydrogen-bond acceptors (Lipinski definition) is 4. The molecule has 2 aromatic carbocycles. The zero-order valence-electron chi connectivity index (χ0n) is 13.3. The molecule has 0 radical (unpaired) electrons. The summed E-state index contributed by atoms with van der Waals surface area (Å²) in [6.07, 6.45) is -4.40. The molecule has 8 heteroatoms. The Morgan fingerprint density at radius 3 is 2.24 bits per heavy atom. The van der Waals surface area contributed by atoms with Gasteiger partial charge in [-0.25, -0.2) is 0 Å².